The number of carboxylic acid groups (broad SMARTS) is 1. The van der Waals surface area contributed by atoms with Crippen LogP contribution in [0.25, 0.3) is 0 Å². The van der Waals surface area contributed by atoms with Gasteiger partial charge in [0.05, 0.1) is 5.56 Å². The molecular weight excluding hydrogens is 246 g/mol. The van der Waals surface area contributed by atoms with E-state index in [4.69, 9.17) is 5.11 Å². The standard InChI is InChI=1S/C14H15NO2S/c1-9-3-10(2)5-12(4-9)15-7-13-6-11(8-18-13)14(16)17/h3-6,8,15H,7H2,1-2H3,(H,16,17). The fourth-order valence-corrected chi connectivity index (χ4v) is 2.65. The Morgan fingerprint density at radius 2 is 1.89 bits per heavy atom. The molecule has 0 atom stereocenters. The van der Waals surface area contributed by atoms with Gasteiger partial charge in [0.25, 0.3) is 0 Å². The van der Waals surface area contributed by atoms with E-state index in [2.05, 4.69) is 37.4 Å². The van der Waals surface area contributed by atoms with Gasteiger partial charge in [0.1, 0.15) is 0 Å². The number of hydrogen-bond donors (Lipinski definition) is 2. The molecule has 0 bridgehead atoms. The molecule has 18 heavy (non-hydrogen) atoms. The van der Waals surface area contributed by atoms with Crippen LogP contribution in [0.3, 0.4) is 0 Å². The van der Waals surface area contributed by atoms with Crippen LogP contribution in [-0.2, 0) is 6.54 Å². The molecule has 4 heteroatoms. The van der Waals surface area contributed by atoms with E-state index in [9.17, 15) is 4.79 Å². The number of benzene rings is 1. The molecule has 2 N–H and O–H groups in total. The maximum atomic E-state index is 10.8. The maximum absolute atomic E-state index is 10.8. The molecule has 0 fully saturated rings. The average molecular weight is 261 g/mol. The van der Waals surface area contributed by atoms with Gasteiger partial charge in [-0.1, -0.05) is 6.07 Å². The van der Waals surface area contributed by atoms with E-state index >= 15 is 0 Å². The van der Waals surface area contributed by atoms with Crippen LogP contribution < -0.4 is 5.32 Å². The quantitative estimate of drug-likeness (QED) is 0.882. The predicted octanol–water partition coefficient (Wildman–Crippen LogP) is 3.68. The Hall–Kier alpha value is -1.81. The lowest BCUT2D eigenvalue weighted by Crippen LogP contribution is -1.98. The van der Waals surface area contributed by atoms with Crippen molar-refractivity contribution in [3.8, 4) is 0 Å². The highest BCUT2D eigenvalue weighted by Gasteiger charge is 2.06. The van der Waals surface area contributed by atoms with Crippen molar-refractivity contribution in [2.24, 2.45) is 0 Å². The SMILES string of the molecule is Cc1cc(C)cc(NCc2cc(C(=O)O)cs2)c1. The Morgan fingerprint density at radius 3 is 2.44 bits per heavy atom. The molecule has 2 rings (SSSR count). The molecule has 1 aromatic carbocycles. The molecule has 0 radical (unpaired) electrons. The molecule has 1 aromatic heterocycles. The summed E-state index contributed by atoms with van der Waals surface area (Å²) in [6.07, 6.45) is 0. The van der Waals surface area contributed by atoms with Crippen molar-refractivity contribution in [2.45, 2.75) is 20.4 Å². The largest absolute Gasteiger partial charge is 0.478 e. The number of aromatic carboxylic acids is 1. The first kappa shape index (κ1) is 12.6. The van der Waals surface area contributed by atoms with Gasteiger partial charge in [-0.3, -0.25) is 0 Å². The molecule has 3 nitrogen and oxygen atoms in total. The Morgan fingerprint density at radius 1 is 1.22 bits per heavy atom. The highest BCUT2D eigenvalue weighted by atomic mass is 32.1. The second-order valence-corrected chi connectivity index (χ2v) is 5.33. The third-order valence-corrected chi connectivity index (χ3v) is 3.53. The number of carbonyl (C=O) groups is 1. The van der Waals surface area contributed by atoms with E-state index in [0.717, 1.165) is 10.6 Å². The molecule has 0 saturated heterocycles. The van der Waals surface area contributed by atoms with E-state index in [1.165, 1.54) is 22.5 Å². The van der Waals surface area contributed by atoms with Gasteiger partial charge in [-0.15, -0.1) is 11.3 Å². The Bertz CT molecular complexity index is 555. The average Bonchev–Trinajstić information content (AvgIpc) is 2.73. The second-order valence-electron chi connectivity index (χ2n) is 4.34. The summed E-state index contributed by atoms with van der Waals surface area (Å²) in [6, 6.07) is 8.00. The number of rotatable bonds is 4. The molecular formula is C14H15NO2S. The van der Waals surface area contributed by atoms with Crippen molar-refractivity contribution in [3.63, 3.8) is 0 Å². The Balaban J connectivity index is 2.04. The van der Waals surface area contributed by atoms with Crippen LogP contribution in [0.15, 0.2) is 29.6 Å². The molecule has 0 aliphatic rings. The van der Waals surface area contributed by atoms with Crippen molar-refractivity contribution in [3.05, 3.63) is 51.2 Å². The summed E-state index contributed by atoms with van der Waals surface area (Å²) in [7, 11) is 0. The molecule has 94 valence electrons. The molecule has 0 amide bonds. The monoisotopic (exact) mass is 261 g/mol. The summed E-state index contributed by atoms with van der Waals surface area (Å²) in [5.74, 6) is -0.871. The van der Waals surface area contributed by atoms with Crippen molar-refractivity contribution < 1.29 is 9.90 Å². The summed E-state index contributed by atoms with van der Waals surface area (Å²) in [5.41, 5.74) is 3.86. The maximum Gasteiger partial charge on any atom is 0.336 e. The number of nitrogens with one attached hydrogen (secondary N) is 1. The van der Waals surface area contributed by atoms with Gasteiger partial charge in [0.15, 0.2) is 0 Å². The van der Waals surface area contributed by atoms with E-state index in [1.807, 2.05) is 0 Å². The zero-order valence-corrected chi connectivity index (χ0v) is 11.2. The molecule has 2 aromatic rings. The van der Waals surface area contributed by atoms with Crippen molar-refractivity contribution >= 4 is 23.0 Å². The summed E-state index contributed by atoms with van der Waals surface area (Å²) < 4.78 is 0. The van der Waals surface area contributed by atoms with E-state index in [-0.39, 0.29) is 0 Å². The lowest BCUT2D eigenvalue weighted by molar-refractivity contribution is 0.0697. The number of carboxylic acids is 1. The van der Waals surface area contributed by atoms with Gasteiger partial charge in [-0.2, -0.15) is 0 Å². The fraction of sp³-hybridized carbons (Fsp3) is 0.214. The first-order valence-corrected chi connectivity index (χ1v) is 6.55. The summed E-state index contributed by atoms with van der Waals surface area (Å²) in [5, 5.41) is 13.8. The Kier molecular flexibility index (Phi) is 3.67. The topological polar surface area (TPSA) is 49.3 Å². The van der Waals surface area contributed by atoms with Crippen molar-refractivity contribution in [2.75, 3.05) is 5.32 Å². The number of aryl methyl sites for hydroxylation is 2. The van der Waals surface area contributed by atoms with Gasteiger partial charge in [-0.05, 0) is 43.2 Å². The lowest BCUT2D eigenvalue weighted by atomic mass is 10.1. The molecule has 0 aliphatic carbocycles. The van der Waals surface area contributed by atoms with Crippen LogP contribution in [0.2, 0.25) is 0 Å². The van der Waals surface area contributed by atoms with Gasteiger partial charge in [-0.25, -0.2) is 4.79 Å². The number of anilines is 1. The van der Waals surface area contributed by atoms with Crippen LogP contribution in [0.4, 0.5) is 5.69 Å². The highest BCUT2D eigenvalue weighted by Crippen LogP contribution is 2.18. The van der Waals surface area contributed by atoms with Crippen LogP contribution in [0.1, 0.15) is 26.4 Å². The number of thiophene rings is 1. The summed E-state index contributed by atoms with van der Waals surface area (Å²) in [6.45, 7) is 4.78. The minimum absolute atomic E-state index is 0.359. The normalized spacial score (nSPS) is 10.3. The first-order chi connectivity index (χ1) is 8.54. The third kappa shape index (κ3) is 3.11. The zero-order valence-electron chi connectivity index (χ0n) is 10.4. The first-order valence-electron chi connectivity index (χ1n) is 5.67. The van der Waals surface area contributed by atoms with Crippen LogP contribution >= 0.6 is 11.3 Å². The zero-order chi connectivity index (χ0) is 13.1. The van der Waals surface area contributed by atoms with Gasteiger partial charge in [0, 0.05) is 22.5 Å². The van der Waals surface area contributed by atoms with Crippen molar-refractivity contribution in [1.82, 2.24) is 0 Å². The van der Waals surface area contributed by atoms with E-state index in [0.29, 0.717) is 12.1 Å². The molecule has 0 saturated carbocycles. The second kappa shape index (κ2) is 5.23. The number of hydrogen-bond acceptors (Lipinski definition) is 3. The fourth-order valence-electron chi connectivity index (χ4n) is 1.85. The Labute approximate surface area is 110 Å². The molecule has 1 heterocycles. The molecule has 0 unspecified atom stereocenters. The van der Waals surface area contributed by atoms with Crippen molar-refractivity contribution in [1.29, 1.82) is 0 Å². The smallest absolute Gasteiger partial charge is 0.336 e. The van der Waals surface area contributed by atoms with E-state index < -0.39 is 5.97 Å². The van der Waals surface area contributed by atoms with Gasteiger partial charge in [0.2, 0.25) is 0 Å². The minimum atomic E-state index is -0.871. The molecule has 0 spiro atoms. The third-order valence-electron chi connectivity index (χ3n) is 2.59. The van der Waals surface area contributed by atoms with Crippen LogP contribution in [0, 0.1) is 13.8 Å². The summed E-state index contributed by atoms with van der Waals surface area (Å²) >= 11 is 1.46. The van der Waals surface area contributed by atoms with Crippen LogP contribution in [-0.4, -0.2) is 11.1 Å². The lowest BCUT2D eigenvalue weighted by Gasteiger charge is -2.07. The van der Waals surface area contributed by atoms with Gasteiger partial charge < -0.3 is 10.4 Å². The summed E-state index contributed by atoms with van der Waals surface area (Å²) in [4.78, 5) is 11.8. The predicted molar refractivity (Wildman–Crippen MR) is 74.5 cm³/mol. The van der Waals surface area contributed by atoms with Gasteiger partial charge >= 0.3 is 5.97 Å². The van der Waals surface area contributed by atoms with E-state index in [1.54, 1.807) is 11.4 Å². The molecule has 0 aliphatic heterocycles. The minimum Gasteiger partial charge on any atom is -0.478 e. The van der Waals surface area contributed by atoms with Crippen LogP contribution in [0.5, 0.6) is 0 Å². The highest BCUT2D eigenvalue weighted by molar-refractivity contribution is 7.10.